The van der Waals surface area contributed by atoms with Crippen LogP contribution in [0.2, 0.25) is 0 Å². The van der Waals surface area contributed by atoms with Crippen LogP contribution in [0.3, 0.4) is 0 Å². The summed E-state index contributed by atoms with van der Waals surface area (Å²) in [4.78, 5) is 11.9. The van der Waals surface area contributed by atoms with Crippen molar-refractivity contribution in [3.8, 4) is 0 Å². The Labute approximate surface area is 110 Å². The topological polar surface area (TPSA) is 29.1 Å². The normalized spacial score (nSPS) is 10.3. The number of rotatable bonds is 2. The Kier molecular flexibility index (Phi) is 3.60. The molecule has 1 N–H and O–H groups in total. The molecule has 19 heavy (non-hydrogen) atoms. The number of nitrogens with one attached hydrogen (secondary N) is 1. The van der Waals surface area contributed by atoms with Crippen LogP contribution < -0.4 is 5.32 Å². The summed E-state index contributed by atoms with van der Waals surface area (Å²) >= 11 is 0. The molecule has 0 heterocycles. The molecular weight excluding hydrogens is 248 g/mol. The van der Waals surface area contributed by atoms with E-state index in [4.69, 9.17) is 0 Å². The van der Waals surface area contributed by atoms with Crippen molar-refractivity contribution in [2.75, 3.05) is 5.32 Å². The molecule has 1 amide bonds. The van der Waals surface area contributed by atoms with Gasteiger partial charge in [-0.1, -0.05) is 0 Å². The molecule has 0 radical (unpaired) electrons. The minimum absolute atomic E-state index is 0.323. The third-order valence-electron chi connectivity index (χ3n) is 2.84. The van der Waals surface area contributed by atoms with E-state index in [1.807, 2.05) is 0 Å². The maximum absolute atomic E-state index is 13.1. The molecule has 0 aliphatic heterocycles. The molecule has 2 rings (SSSR count). The zero-order valence-electron chi connectivity index (χ0n) is 10.6. The molecule has 0 aliphatic rings. The van der Waals surface area contributed by atoms with E-state index in [0.717, 1.165) is 0 Å². The van der Waals surface area contributed by atoms with Gasteiger partial charge in [0, 0.05) is 11.3 Å². The van der Waals surface area contributed by atoms with Gasteiger partial charge in [-0.2, -0.15) is 0 Å². The zero-order valence-corrected chi connectivity index (χ0v) is 10.6. The van der Waals surface area contributed by atoms with Gasteiger partial charge in [0.05, 0.1) is 0 Å². The van der Waals surface area contributed by atoms with Gasteiger partial charge in [-0.3, -0.25) is 4.79 Å². The highest BCUT2D eigenvalue weighted by molar-refractivity contribution is 6.04. The first kappa shape index (κ1) is 13.2. The van der Waals surface area contributed by atoms with Gasteiger partial charge in [0.2, 0.25) is 0 Å². The van der Waals surface area contributed by atoms with Crippen LogP contribution in [0, 0.1) is 25.5 Å². The molecule has 0 bridgehead atoms. The molecule has 0 aromatic heterocycles. The monoisotopic (exact) mass is 261 g/mol. The Bertz CT molecular complexity index is 638. The van der Waals surface area contributed by atoms with Crippen LogP contribution in [0.5, 0.6) is 0 Å². The molecule has 0 fully saturated rings. The molecule has 0 atom stereocenters. The second-order valence-corrected chi connectivity index (χ2v) is 4.38. The summed E-state index contributed by atoms with van der Waals surface area (Å²) in [6.45, 7) is 3.21. The lowest BCUT2D eigenvalue weighted by Crippen LogP contribution is -2.12. The van der Waals surface area contributed by atoms with Crippen molar-refractivity contribution in [3.05, 3.63) is 64.7 Å². The van der Waals surface area contributed by atoms with Gasteiger partial charge >= 0.3 is 0 Å². The van der Waals surface area contributed by atoms with Crippen LogP contribution in [0.15, 0.2) is 36.4 Å². The fourth-order valence-electron chi connectivity index (χ4n) is 1.71. The molecule has 98 valence electrons. The summed E-state index contributed by atoms with van der Waals surface area (Å²) in [6, 6.07) is 8.45. The maximum atomic E-state index is 13.1. The van der Waals surface area contributed by atoms with E-state index in [9.17, 15) is 13.6 Å². The minimum Gasteiger partial charge on any atom is -0.322 e. The smallest absolute Gasteiger partial charge is 0.255 e. The SMILES string of the molecule is Cc1cc(NC(=O)c2ccc(F)c(C)c2)ccc1F. The van der Waals surface area contributed by atoms with Crippen molar-refractivity contribution < 1.29 is 13.6 Å². The number of amides is 1. The average Bonchev–Trinajstić information content (AvgIpc) is 2.37. The van der Waals surface area contributed by atoms with Crippen LogP contribution >= 0.6 is 0 Å². The number of hydrogen-bond donors (Lipinski definition) is 1. The average molecular weight is 261 g/mol. The standard InChI is InChI=1S/C15H13F2NO/c1-9-7-11(3-5-13(9)16)15(19)18-12-4-6-14(17)10(2)8-12/h3-8H,1-2H3,(H,18,19). The molecule has 0 unspecified atom stereocenters. The van der Waals surface area contributed by atoms with Crippen molar-refractivity contribution in [2.45, 2.75) is 13.8 Å². The first-order valence-electron chi connectivity index (χ1n) is 5.81. The van der Waals surface area contributed by atoms with Gasteiger partial charge in [-0.25, -0.2) is 8.78 Å². The second-order valence-electron chi connectivity index (χ2n) is 4.38. The highest BCUT2D eigenvalue weighted by Crippen LogP contribution is 2.16. The molecule has 0 saturated heterocycles. The fraction of sp³-hybridized carbons (Fsp3) is 0.133. The summed E-state index contributed by atoms with van der Waals surface area (Å²) in [7, 11) is 0. The molecule has 2 aromatic carbocycles. The summed E-state index contributed by atoms with van der Waals surface area (Å²) in [6.07, 6.45) is 0. The van der Waals surface area contributed by atoms with Crippen LogP contribution in [-0.2, 0) is 0 Å². The Hall–Kier alpha value is -2.23. The third-order valence-corrected chi connectivity index (χ3v) is 2.84. The van der Waals surface area contributed by atoms with E-state index >= 15 is 0 Å². The molecule has 0 spiro atoms. The number of benzene rings is 2. The van der Waals surface area contributed by atoms with Crippen molar-refractivity contribution in [3.63, 3.8) is 0 Å². The predicted molar refractivity (Wildman–Crippen MR) is 70.2 cm³/mol. The van der Waals surface area contributed by atoms with Crippen molar-refractivity contribution >= 4 is 11.6 Å². The quantitative estimate of drug-likeness (QED) is 0.874. The molecule has 0 aliphatic carbocycles. The lowest BCUT2D eigenvalue weighted by Gasteiger charge is -2.07. The van der Waals surface area contributed by atoms with E-state index in [1.165, 1.54) is 30.3 Å². The van der Waals surface area contributed by atoms with Gasteiger partial charge in [-0.15, -0.1) is 0 Å². The maximum Gasteiger partial charge on any atom is 0.255 e. The summed E-state index contributed by atoms with van der Waals surface area (Å²) < 4.78 is 26.2. The fourth-order valence-corrected chi connectivity index (χ4v) is 1.71. The van der Waals surface area contributed by atoms with Gasteiger partial charge in [-0.05, 0) is 61.4 Å². The molecule has 0 saturated carbocycles. The predicted octanol–water partition coefficient (Wildman–Crippen LogP) is 3.83. The number of hydrogen-bond acceptors (Lipinski definition) is 1. The minimum atomic E-state index is -0.353. The Morgan fingerprint density at radius 2 is 1.53 bits per heavy atom. The Morgan fingerprint density at radius 3 is 2.11 bits per heavy atom. The van der Waals surface area contributed by atoms with E-state index in [0.29, 0.717) is 22.4 Å². The van der Waals surface area contributed by atoms with E-state index in [1.54, 1.807) is 19.9 Å². The van der Waals surface area contributed by atoms with E-state index < -0.39 is 0 Å². The van der Waals surface area contributed by atoms with Crippen LogP contribution in [0.1, 0.15) is 21.5 Å². The zero-order chi connectivity index (χ0) is 14.0. The number of carbonyl (C=O) groups is 1. The highest BCUT2D eigenvalue weighted by Gasteiger charge is 2.09. The largest absolute Gasteiger partial charge is 0.322 e. The van der Waals surface area contributed by atoms with Crippen LogP contribution in [-0.4, -0.2) is 5.91 Å². The number of aryl methyl sites for hydroxylation is 2. The molecular formula is C15H13F2NO. The second kappa shape index (κ2) is 5.18. The van der Waals surface area contributed by atoms with Gasteiger partial charge < -0.3 is 5.32 Å². The lowest BCUT2D eigenvalue weighted by atomic mass is 10.1. The first-order chi connectivity index (χ1) is 8.97. The molecule has 2 nitrogen and oxygen atoms in total. The van der Waals surface area contributed by atoms with Gasteiger partial charge in [0.25, 0.3) is 5.91 Å². The van der Waals surface area contributed by atoms with Crippen molar-refractivity contribution in [1.82, 2.24) is 0 Å². The first-order valence-corrected chi connectivity index (χ1v) is 5.81. The van der Waals surface area contributed by atoms with Crippen molar-refractivity contribution in [1.29, 1.82) is 0 Å². The summed E-state index contributed by atoms with van der Waals surface area (Å²) in [5.41, 5.74) is 1.72. The van der Waals surface area contributed by atoms with Crippen LogP contribution in [0.25, 0.3) is 0 Å². The van der Waals surface area contributed by atoms with Gasteiger partial charge in [0.15, 0.2) is 0 Å². The summed E-state index contributed by atoms with van der Waals surface area (Å²) in [5, 5.41) is 2.64. The third kappa shape index (κ3) is 2.96. The van der Waals surface area contributed by atoms with Crippen LogP contribution in [0.4, 0.5) is 14.5 Å². The number of carbonyl (C=O) groups excluding carboxylic acids is 1. The lowest BCUT2D eigenvalue weighted by molar-refractivity contribution is 0.102. The van der Waals surface area contributed by atoms with Crippen molar-refractivity contribution in [2.24, 2.45) is 0 Å². The van der Waals surface area contributed by atoms with Gasteiger partial charge in [0.1, 0.15) is 11.6 Å². The summed E-state index contributed by atoms with van der Waals surface area (Å²) in [5.74, 6) is -1.03. The number of anilines is 1. The van der Waals surface area contributed by atoms with E-state index in [-0.39, 0.29) is 17.5 Å². The Balaban J connectivity index is 2.20. The van der Waals surface area contributed by atoms with E-state index in [2.05, 4.69) is 5.32 Å². The Morgan fingerprint density at radius 1 is 0.947 bits per heavy atom. The molecule has 4 heteroatoms. The highest BCUT2D eigenvalue weighted by atomic mass is 19.1. The molecule has 2 aromatic rings. The number of halogens is 2.